The molecule has 4 fully saturated rings. The molecule has 1 aromatic rings. The highest BCUT2D eigenvalue weighted by Crippen LogP contribution is 2.68. The van der Waals surface area contributed by atoms with Gasteiger partial charge in [-0.1, -0.05) is 68.0 Å². The molecule has 4 saturated carbocycles. The van der Waals surface area contributed by atoms with Gasteiger partial charge in [-0.3, -0.25) is 9.59 Å². The van der Waals surface area contributed by atoms with Crippen molar-refractivity contribution in [2.24, 2.45) is 46.3 Å². The first kappa shape index (κ1) is 29.1. The van der Waals surface area contributed by atoms with Crippen LogP contribution in [0.4, 0.5) is 0 Å². The molecule has 10 atom stereocenters. The van der Waals surface area contributed by atoms with Gasteiger partial charge in [-0.15, -0.1) is 0 Å². The number of aliphatic carboxylic acids is 1. The number of alkyl halides is 1. The van der Waals surface area contributed by atoms with Crippen molar-refractivity contribution in [3.63, 3.8) is 0 Å². The van der Waals surface area contributed by atoms with Crippen LogP contribution in [-0.4, -0.2) is 32.9 Å². The maximum absolute atomic E-state index is 13.3. The van der Waals surface area contributed by atoms with Gasteiger partial charge < -0.3 is 9.84 Å². The second-order valence-corrected chi connectivity index (χ2v) is 15.3. The summed E-state index contributed by atoms with van der Waals surface area (Å²) < 4.78 is 6.96. The molecule has 0 spiro atoms. The van der Waals surface area contributed by atoms with Crippen LogP contribution >= 0.6 is 22.6 Å². The van der Waals surface area contributed by atoms with Gasteiger partial charge in [0.15, 0.2) is 0 Å². The van der Waals surface area contributed by atoms with E-state index in [9.17, 15) is 19.5 Å². The summed E-state index contributed by atoms with van der Waals surface area (Å²) >= 11 is 2.65. The minimum absolute atomic E-state index is 0.140. The predicted octanol–water partition coefficient (Wildman–Crippen LogP) is 7.74. The molecule has 4 aliphatic carbocycles. The molecule has 4 unspecified atom stereocenters. The van der Waals surface area contributed by atoms with E-state index in [1.54, 1.807) is 0 Å². The number of Topliss-reactive ketones (excluding diaryl/α,β-unsaturated/α-hetero) is 1. The number of rotatable bonds is 8. The molecular formula is C33H45IO5. The van der Waals surface area contributed by atoms with Gasteiger partial charge in [-0.05, 0) is 98.0 Å². The fraction of sp³-hybridized carbons (Fsp3) is 0.727. The molecular weight excluding hydrogens is 603 g/mol. The molecule has 4 aliphatic rings. The molecule has 0 bridgehead atoms. The summed E-state index contributed by atoms with van der Waals surface area (Å²) in [7, 11) is 0. The number of benzene rings is 1. The summed E-state index contributed by atoms with van der Waals surface area (Å²) in [5, 5.41) is 9.29. The number of esters is 1. The number of fused-ring (bicyclic) bond motifs is 5. The lowest BCUT2D eigenvalue weighted by molar-refractivity contribution is -0.168. The minimum atomic E-state index is -0.698. The van der Waals surface area contributed by atoms with Gasteiger partial charge in [-0.2, -0.15) is 0 Å². The van der Waals surface area contributed by atoms with E-state index in [4.69, 9.17) is 4.74 Å². The molecule has 0 heterocycles. The zero-order valence-corrected chi connectivity index (χ0v) is 25.9. The number of carbonyl (C=O) groups is 3. The highest BCUT2D eigenvalue weighted by molar-refractivity contribution is 14.1. The highest BCUT2D eigenvalue weighted by Gasteiger charge is 2.64. The zero-order valence-electron chi connectivity index (χ0n) is 23.7. The van der Waals surface area contributed by atoms with E-state index in [-0.39, 0.29) is 28.8 Å². The summed E-state index contributed by atoms with van der Waals surface area (Å²) in [5.41, 5.74) is 0.953. The number of carboxylic acids is 1. The second-order valence-electron chi connectivity index (χ2n) is 13.7. The Kier molecular flexibility index (Phi) is 8.53. The molecule has 1 N–H and O–H groups in total. The van der Waals surface area contributed by atoms with E-state index in [1.165, 1.54) is 19.3 Å². The van der Waals surface area contributed by atoms with Crippen molar-refractivity contribution < 1.29 is 24.2 Å². The van der Waals surface area contributed by atoms with Crippen LogP contribution in [0, 0.1) is 46.3 Å². The van der Waals surface area contributed by atoms with Gasteiger partial charge in [0.25, 0.3) is 0 Å². The summed E-state index contributed by atoms with van der Waals surface area (Å²) in [6.45, 7) is 6.76. The van der Waals surface area contributed by atoms with Gasteiger partial charge in [0.1, 0.15) is 11.9 Å². The van der Waals surface area contributed by atoms with Crippen molar-refractivity contribution >= 4 is 40.3 Å². The lowest BCUT2D eigenvalue weighted by Gasteiger charge is -2.62. The predicted molar refractivity (Wildman–Crippen MR) is 160 cm³/mol. The van der Waals surface area contributed by atoms with Crippen molar-refractivity contribution in [1.82, 2.24) is 0 Å². The average molecular weight is 649 g/mol. The number of hydrogen-bond acceptors (Lipinski definition) is 4. The molecule has 5 rings (SSSR count). The Hall–Kier alpha value is -1.44. The number of carboxylic acid groups (broad SMARTS) is 1. The first-order valence-electron chi connectivity index (χ1n) is 15.2. The topological polar surface area (TPSA) is 80.7 Å². The molecule has 0 amide bonds. The van der Waals surface area contributed by atoms with Crippen molar-refractivity contribution in [3.8, 4) is 0 Å². The Balaban J connectivity index is 1.38. The average Bonchev–Trinajstić information content (AvgIpc) is 3.27. The van der Waals surface area contributed by atoms with Crippen molar-refractivity contribution in [2.75, 3.05) is 0 Å². The molecule has 0 aliphatic heterocycles. The number of carbonyl (C=O) groups excluding carboxylic acids is 2. The van der Waals surface area contributed by atoms with Crippen LogP contribution in [0.25, 0.3) is 0 Å². The van der Waals surface area contributed by atoms with Crippen molar-refractivity contribution in [1.29, 1.82) is 0 Å². The fourth-order valence-electron chi connectivity index (χ4n) is 9.47. The van der Waals surface area contributed by atoms with E-state index < -0.39 is 5.97 Å². The van der Waals surface area contributed by atoms with Crippen LogP contribution in [0.3, 0.4) is 0 Å². The van der Waals surface area contributed by atoms with E-state index in [0.29, 0.717) is 57.7 Å². The summed E-state index contributed by atoms with van der Waals surface area (Å²) in [5.74, 6) is 1.40. The maximum Gasteiger partial charge on any atom is 0.338 e. The van der Waals surface area contributed by atoms with E-state index in [1.807, 2.05) is 37.3 Å². The van der Waals surface area contributed by atoms with Gasteiger partial charge >= 0.3 is 11.9 Å². The molecule has 0 radical (unpaired) electrons. The Morgan fingerprint density at radius 1 is 1.05 bits per heavy atom. The van der Waals surface area contributed by atoms with E-state index >= 15 is 0 Å². The molecule has 0 aromatic heterocycles. The van der Waals surface area contributed by atoms with Crippen LogP contribution in [0.2, 0.25) is 0 Å². The number of hydrogen-bond donors (Lipinski definition) is 1. The molecule has 5 nitrogen and oxygen atoms in total. The summed E-state index contributed by atoms with van der Waals surface area (Å²) in [6, 6.07) is 9.35. The molecule has 1 aromatic carbocycles. The van der Waals surface area contributed by atoms with Gasteiger partial charge in [0, 0.05) is 22.7 Å². The van der Waals surface area contributed by atoms with E-state index in [2.05, 4.69) is 36.4 Å². The lowest BCUT2D eigenvalue weighted by Crippen LogP contribution is -2.59. The quantitative estimate of drug-likeness (QED) is 0.177. The standard InChI is InChI=1S/C33H45IO5/c1-20(30(36)37)8-7-11-27(34)24-12-13-25-29-26(15-17-33(24,25)3)32(2)16-14-23(35)18-22(32)19-28(29)39-31(38)21-9-5-4-6-10-21/h4-6,9-10,20,22,24-29H,7-8,11-19H2,1-3H3,(H,36,37)/t20?,22-,24-,25?,26?,27-,28-,29?,32+,33-/m1/s1. The number of ether oxygens (including phenoxy) is 1. The molecule has 6 heteroatoms. The Morgan fingerprint density at radius 2 is 1.77 bits per heavy atom. The fourth-order valence-corrected chi connectivity index (χ4v) is 11.1. The third-order valence-corrected chi connectivity index (χ3v) is 13.3. The van der Waals surface area contributed by atoms with Crippen LogP contribution in [0.5, 0.6) is 0 Å². The van der Waals surface area contributed by atoms with Crippen molar-refractivity contribution in [2.45, 2.75) is 101 Å². The Bertz CT molecular complexity index is 1070. The van der Waals surface area contributed by atoms with E-state index in [0.717, 1.165) is 38.5 Å². The highest BCUT2D eigenvalue weighted by atomic mass is 127. The van der Waals surface area contributed by atoms with Crippen LogP contribution in [0.1, 0.15) is 102 Å². The van der Waals surface area contributed by atoms with Gasteiger partial charge in [0.05, 0.1) is 11.5 Å². The van der Waals surface area contributed by atoms with Gasteiger partial charge in [0.2, 0.25) is 0 Å². The van der Waals surface area contributed by atoms with Crippen LogP contribution in [-0.2, 0) is 14.3 Å². The number of halogens is 1. The zero-order chi connectivity index (χ0) is 27.9. The largest absolute Gasteiger partial charge is 0.481 e. The SMILES string of the molecule is CC(CCC[C@@H](I)[C@H]1CCC2C3C(CC[C@@]21C)[C@@]1(C)CCC(=O)C[C@@H]1C[C@H]3OC(=O)c1ccccc1)C(=O)O. The Morgan fingerprint density at radius 3 is 2.49 bits per heavy atom. The minimum Gasteiger partial charge on any atom is -0.481 e. The second kappa shape index (κ2) is 11.4. The lowest BCUT2D eigenvalue weighted by atomic mass is 9.44. The summed E-state index contributed by atoms with van der Waals surface area (Å²) in [6.07, 6.45) is 10.4. The van der Waals surface area contributed by atoms with Crippen LogP contribution in [0.15, 0.2) is 30.3 Å². The molecule has 0 saturated heterocycles. The Labute approximate surface area is 247 Å². The maximum atomic E-state index is 13.3. The first-order chi connectivity index (χ1) is 18.5. The monoisotopic (exact) mass is 648 g/mol. The molecule has 214 valence electrons. The first-order valence-corrected chi connectivity index (χ1v) is 16.4. The van der Waals surface area contributed by atoms with Crippen LogP contribution < -0.4 is 0 Å². The third-order valence-electron chi connectivity index (χ3n) is 11.8. The normalized spacial score (nSPS) is 39.1. The molecule has 39 heavy (non-hydrogen) atoms. The summed E-state index contributed by atoms with van der Waals surface area (Å²) in [4.78, 5) is 37.2. The smallest absolute Gasteiger partial charge is 0.338 e. The third kappa shape index (κ3) is 5.44. The number of ketones is 1. The van der Waals surface area contributed by atoms with Gasteiger partial charge in [-0.25, -0.2) is 4.79 Å². The van der Waals surface area contributed by atoms with Crippen molar-refractivity contribution in [3.05, 3.63) is 35.9 Å².